The standard InChI is InChI=1S/C51H77N9O11/c1-50(2,3)70-47(66)58-26-11-22-55(37-41-16-17-43(61)44-42(41)15-8-19-53-44)29-31-59(48(67)71-51(4,5)6)25-10-21-54(28-30-58)36-39-13-7-14-40(35-39)38-60(49(68)69)33-9-18-52-20-27-56(45(62)63)23-12-24-57(32-34-60)46(64)65/h7-8,13-17,19,35,52H,9-12,18,20-34,36-38H2,1-6H3,(H3-,61,62,63,64,65,68,69)/p+1. The second-order valence-corrected chi connectivity index (χ2v) is 20.7. The van der Waals surface area contributed by atoms with E-state index in [2.05, 4.69) is 20.1 Å². The van der Waals surface area contributed by atoms with Crippen LogP contribution in [0.3, 0.4) is 0 Å². The number of benzene rings is 2. The molecule has 0 bridgehead atoms. The number of hydrogen-bond acceptors (Lipinski definition) is 12. The smallest absolute Gasteiger partial charge is 0.506 e. The molecule has 2 aromatic carbocycles. The van der Waals surface area contributed by atoms with Gasteiger partial charge in [0.05, 0.1) is 13.1 Å². The Morgan fingerprint density at radius 1 is 0.606 bits per heavy atom. The van der Waals surface area contributed by atoms with E-state index in [1.54, 1.807) is 22.1 Å². The van der Waals surface area contributed by atoms with Gasteiger partial charge in [0.2, 0.25) is 0 Å². The topological polar surface area (TPSA) is 229 Å². The zero-order valence-electron chi connectivity index (χ0n) is 42.7. The van der Waals surface area contributed by atoms with E-state index >= 15 is 0 Å². The summed E-state index contributed by atoms with van der Waals surface area (Å²) in [7, 11) is 0. The number of ether oxygens (including phenoxy) is 2. The molecule has 0 saturated carbocycles. The zero-order chi connectivity index (χ0) is 51.8. The van der Waals surface area contributed by atoms with Crippen molar-refractivity contribution in [1.29, 1.82) is 0 Å². The van der Waals surface area contributed by atoms with Crippen molar-refractivity contribution in [1.82, 2.24) is 39.7 Å². The molecule has 0 aliphatic carbocycles. The van der Waals surface area contributed by atoms with Crippen molar-refractivity contribution in [3.63, 3.8) is 0 Å². The number of amides is 5. The van der Waals surface area contributed by atoms with Crippen LogP contribution in [0.25, 0.3) is 10.9 Å². The lowest BCUT2D eigenvalue weighted by atomic mass is 10.1. The monoisotopic (exact) mass is 993 g/mol. The third-order valence-corrected chi connectivity index (χ3v) is 12.7. The second-order valence-electron chi connectivity index (χ2n) is 20.7. The van der Waals surface area contributed by atoms with Gasteiger partial charge in [0, 0.05) is 122 Å². The number of aromatic nitrogens is 1. The van der Waals surface area contributed by atoms with E-state index in [1.807, 2.05) is 84.0 Å². The molecule has 392 valence electrons. The number of rotatable bonds is 6. The molecule has 2 aliphatic rings. The number of nitrogens with one attached hydrogen (secondary N) is 1. The third-order valence-electron chi connectivity index (χ3n) is 12.7. The minimum atomic E-state index is -1.19. The van der Waals surface area contributed by atoms with E-state index in [1.165, 1.54) is 9.80 Å². The molecule has 20 heteroatoms. The highest BCUT2D eigenvalue weighted by Gasteiger charge is 2.38. The minimum Gasteiger partial charge on any atom is -0.506 e. The maximum Gasteiger partial charge on any atom is 0.513 e. The van der Waals surface area contributed by atoms with Crippen molar-refractivity contribution in [2.24, 2.45) is 0 Å². The van der Waals surface area contributed by atoms with Gasteiger partial charge in [-0.05, 0) is 90.1 Å². The van der Waals surface area contributed by atoms with Crippen molar-refractivity contribution in [3.8, 4) is 5.75 Å². The Bertz CT molecular complexity index is 2250. The highest BCUT2D eigenvalue weighted by molar-refractivity contribution is 5.87. The lowest BCUT2D eigenvalue weighted by molar-refractivity contribution is -0.870. The Kier molecular flexibility index (Phi) is 20.4. The molecule has 3 heterocycles. The van der Waals surface area contributed by atoms with E-state index < -0.39 is 46.2 Å². The summed E-state index contributed by atoms with van der Waals surface area (Å²) in [5.74, 6) is 0.101. The predicted molar refractivity (Wildman–Crippen MR) is 268 cm³/mol. The number of carboxylic acid groups (broad SMARTS) is 3. The Balaban J connectivity index is 1.39. The van der Waals surface area contributed by atoms with Crippen LogP contribution in [0, 0.1) is 0 Å². The van der Waals surface area contributed by atoms with Crippen molar-refractivity contribution >= 4 is 41.4 Å². The largest absolute Gasteiger partial charge is 0.513 e. The molecule has 1 atom stereocenters. The molecule has 1 aromatic heterocycles. The van der Waals surface area contributed by atoms with Gasteiger partial charge in [-0.25, -0.2) is 23.7 Å². The van der Waals surface area contributed by atoms with Crippen LogP contribution >= 0.6 is 0 Å². The van der Waals surface area contributed by atoms with Gasteiger partial charge in [0.15, 0.2) is 0 Å². The second kappa shape index (κ2) is 25.9. The van der Waals surface area contributed by atoms with Gasteiger partial charge in [-0.3, -0.25) is 14.8 Å². The van der Waals surface area contributed by atoms with Gasteiger partial charge in [-0.1, -0.05) is 30.3 Å². The molecule has 2 aliphatic heterocycles. The van der Waals surface area contributed by atoms with Gasteiger partial charge in [0.25, 0.3) is 0 Å². The van der Waals surface area contributed by atoms with E-state index in [0.29, 0.717) is 103 Å². The molecule has 5 rings (SSSR count). The van der Waals surface area contributed by atoms with Crippen molar-refractivity contribution in [2.45, 2.75) is 98.1 Å². The van der Waals surface area contributed by atoms with Gasteiger partial charge in [-0.2, -0.15) is 4.79 Å². The van der Waals surface area contributed by atoms with Crippen LogP contribution < -0.4 is 5.32 Å². The molecule has 1 unspecified atom stereocenters. The van der Waals surface area contributed by atoms with Gasteiger partial charge in [0.1, 0.15) is 35.6 Å². The average molecular weight is 993 g/mol. The van der Waals surface area contributed by atoms with Gasteiger partial charge in [-0.15, -0.1) is 0 Å². The molecule has 71 heavy (non-hydrogen) atoms. The lowest BCUT2D eigenvalue weighted by Gasteiger charge is -2.35. The molecule has 2 saturated heterocycles. The van der Waals surface area contributed by atoms with Crippen LogP contribution in [0.1, 0.15) is 83.9 Å². The summed E-state index contributed by atoms with van der Waals surface area (Å²) < 4.78 is 11.4. The number of carbonyl (C=O) groups excluding carboxylic acids is 2. The number of pyridine rings is 1. The fourth-order valence-corrected chi connectivity index (χ4v) is 9.05. The number of phenols is 1. The number of fused-ring (bicyclic) bond motifs is 1. The van der Waals surface area contributed by atoms with Crippen LogP contribution in [-0.2, 0) is 29.1 Å². The van der Waals surface area contributed by atoms with Crippen LogP contribution in [0.5, 0.6) is 5.75 Å². The molecule has 20 nitrogen and oxygen atoms in total. The number of carbonyl (C=O) groups is 5. The Morgan fingerprint density at radius 3 is 1.76 bits per heavy atom. The molecule has 2 fully saturated rings. The molecular formula is C51H78N9O11+. The van der Waals surface area contributed by atoms with Crippen molar-refractivity contribution < 1.29 is 58.4 Å². The van der Waals surface area contributed by atoms with Crippen LogP contribution in [0.2, 0.25) is 0 Å². The molecule has 5 N–H and O–H groups in total. The minimum absolute atomic E-state index is 0.0121. The van der Waals surface area contributed by atoms with Gasteiger partial charge < -0.3 is 54.8 Å². The highest BCUT2D eigenvalue weighted by atomic mass is 16.6. The number of phenolic OH excluding ortho intramolecular Hbond substituents is 1. The molecule has 0 radical (unpaired) electrons. The van der Waals surface area contributed by atoms with Crippen LogP contribution in [-0.4, -0.2) is 206 Å². The Labute approximate surface area is 418 Å². The average Bonchev–Trinajstić information content (AvgIpc) is 3.28. The molecule has 3 aromatic rings. The fraction of sp³-hybridized carbons (Fsp3) is 0.608. The molecule has 5 amide bonds. The van der Waals surface area contributed by atoms with E-state index in [4.69, 9.17) is 9.47 Å². The number of nitrogens with zero attached hydrogens (tertiary/aromatic N) is 8. The van der Waals surface area contributed by atoms with Crippen LogP contribution in [0.15, 0.2) is 54.7 Å². The normalized spacial score (nSPS) is 19.9. The zero-order valence-corrected chi connectivity index (χ0v) is 42.7. The first-order valence-corrected chi connectivity index (χ1v) is 24.9. The summed E-state index contributed by atoms with van der Waals surface area (Å²) in [5.41, 5.74) is 1.76. The Hall–Kier alpha value is -5.96. The molecular weight excluding hydrogens is 915 g/mol. The van der Waals surface area contributed by atoms with Gasteiger partial charge >= 0.3 is 30.5 Å². The predicted octanol–water partition coefficient (Wildman–Crippen LogP) is 6.85. The number of quaternary nitrogens is 1. The van der Waals surface area contributed by atoms with E-state index in [-0.39, 0.29) is 58.0 Å². The lowest BCUT2D eigenvalue weighted by Crippen LogP contribution is -2.56. The number of hydrogen-bond donors (Lipinski definition) is 5. The first-order chi connectivity index (χ1) is 33.6. The summed E-state index contributed by atoms with van der Waals surface area (Å²) in [6, 6.07) is 15.1. The maximum absolute atomic E-state index is 13.8. The highest BCUT2D eigenvalue weighted by Crippen LogP contribution is 2.27. The van der Waals surface area contributed by atoms with Crippen LogP contribution in [0.4, 0.5) is 24.0 Å². The third kappa shape index (κ3) is 18.0. The maximum atomic E-state index is 13.8. The summed E-state index contributed by atoms with van der Waals surface area (Å²) in [6.45, 7) is 17.3. The first-order valence-electron chi connectivity index (χ1n) is 24.9. The summed E-state index contributed by atoms with van der Waals surface area (Å²) in [4.78, 5) is 80.0. The summed E-state index contributed by atoms with van der Waals surface area (Å²) in [5, 5.41) is 45.3. The summed E-state index contributed by atoms with van der Waals surface area (Å²) >= 11 is 0. The molecule has 0 spiro atoms. The number of aromatic hydroxyl groups is 1. The van der Waals surface area contributed by atoms with E-state index in [9.17, 15) is 44.4 Å². The fourth-order valence-electron chi connectivity index (χ4n) is 9.05. The van der Waals surface area contributed by atoms with Crippen molar-refractivity contribution in [2.75, 3.05) is 105 Å². The quantitative estimate of drug-likeness (QED) is 0.159. The SMILES string of the molecule is CC(C)(C)OC(=O)N1CCCN(Cc2ccc(O)c3ncccc23)CCN(C(=O)OC(C)(C)C)CCCN(Cc2cccc(C[N+]3(C(=O)O)CCCNCCN(C(=O)O)CCCN(C(=O)O)CC3)c2)CC1. The van der Waals surface area contributed by atoms with E-state index in [0.717, 1.165) is 22.1 Å². The van der Waals surface area contributed by atoms with Crippen molar-refractivity contribution in [3.05, 3.63) is 71.4 Å². The first kappa shape index (κ1) is 56.0. The Morgan fingerprint density at radius 2 is 1.17 bits per heavy atom. The summed E-state index contributed by atoms with van der Waals surface area (Å²) in [6.07, 6.45) is -0.581.